The van der Waals surface area contributed by atoms with Crippen LogP contribution in [0.3, 0.4) is 0 Å². The standard InChI is InChI=1S/C23H20N2O5/c1-13-7-9-18-16(11-13)25-22(26)15-12-14(8-10-17(15)30-18)24-23(27)21-19(28-2)5-4-6-20(21)29-3/h4-12H,1-3H3,(H,24,27)(H,25,26). The number of anilines is 2. The van der Waals surface area contributed by atoms with Crippen LogP contribution in [0.15, 0.2) is 54.6 Å². The van der Waals surface area contributed by atoms with E-state index in [1.807, 2.05) is 25.1 Å². The number of hydrogen-bond donors (Lipinski definition) is 2. The van der Waals surface area contributed by atoms with Gasteiger partial charge in [0.2, 0.25) is 0 Å². The summed E-state index contributed by atoms with van der Waals surface area (Å²) < 4.78 is 16.5. The summed E-state index contributed by atoms with van der Waals surface area (Å²) in [6, 6.07) is 15.5. The Morgan fingerprint density at radius 3 is 2.37 bits per heavy atom. The first-order chi connectivity index (χ1) is 14.5. The quantitative estimate of drug-likeness (QED) is 0.663. The first-order valence-electron chi connectivity index (χ1n) is 9.26. The third kappa shape index (κ3) is 3.53. The number of rotatable bonds is 4. The van der Waals surface area contributed by atoms with Gasteiger partial charge in [0.15, 0.2) is 5.75 Å². The number of carbonyl (C=O) groups is 2. The molecule has 1 aliphatic heterocycles. The molecule has 0 aromatic heterocycles. The van der Waals surface area contributed by atoms with Crippen molar-refractivity contribution in [1.29, 1.82) is 0 Å². The van der Waals surface area contributed by atoms with Crippen LogP contribution < -0.4 is 24.8 Å². The average Bonchev–Trinajstić information content (AvgIpc) is 2.88. The van der Waals surface area contributed by atoms with Crippen molar-refractivity contribution in [2.75, 3.05) is 24.9 Å². The largest absolute Gasteiger partial charge is 0.496 e. The van der Waals surface area contributed by atoms with E-state index in [9.17, 15) is 9.59 Å². The number of fused-ring (bicyclic) bond motifs is 2. The zero-order chi connectivity index (χ0) is 21.3. The number of aryl methyl sites for hydroxylation is 1. The molecule has 152 valence electrons. The molecule has 2 amide bonds. The minimum absolute atomic E-state index is 0.265. The van der Waals surface area contributed by atoms with Crippen LogP contribution in [0.4, 0.5) is 11.4 Å². The zero-order valence-corrected chi connectivity index (χ0v) is 16.7. The van der Waals surface area contributed by atoms with Crippen molar-refractivity contribution in [2.45, 2.75) is 6.92 Å². The molecule has 2 N–H and O–H groups in total. The van der Waals surface area contributed by atoms with E-state index in [-0.39, 0.29) is 11.5 Å². The number of amides is 2. The van der Waals surface area contributed by atoms with Gasteiger partial charge in [0, 0.05) is 5.69 Å². The Kier molecular flexibility index (Phi) is 5.02. The Morgan fingerprint density at radius 2 is 1.67 bits per heavy atom. The van der Waals surface area contributed by atoms with Gasteiger partial charge in [-0.2, -0.15) is 0 Å². The second-order valence-electron chi connectivity index (χ2n) is 6.76. The van der Waals surface area contributed by atoms with Gasteiger partial charge in [0.25, 0.3) is 11.8 Å². The molecule has 0 saturated heterocycles. The van der Waals surface area contributed by atoms with Crippen LogP contribution in [0.25, 0.3) is 0 Å². The number of carbonyl (C=O) groups excluding carboxylic acids is 2. The summed E-state index contributed by atoms with van der Waals surface area (Å²) in [6.45, 7) is 1.93. The molecule has 3 aromatic rings. The molecule has 3 aromatic carbocycles. The van der Waals surface area contributed by atoms with Crippen molar-refractivity contribution in [3.05, 3.63) is 71.3 Å². The van der Waals surface area contributed by atoms with Crippen LogP contribution in [0, 0.1) is 6.92 Å². The van der Waals surface area contributed by atoms with Crippen LogP contribution in [0.1, 0.15) is 26.3 Å². The van der Waals surface area contributed by atoms with E-state index in [1.54, 1.807) is 36.4 Å². The van der Waals surface area contributed by atoms with Gasteiger partial charge < -0.3 is 24.8 Å². The van der Waals surface area contributed by atoms with Gasteiger partial charge in [0.05, 0.1) is 25.5 Å². The first kappa shape index (κ1) is 19.3. The second-order valence-corrected chi connectivity index (χ2v) is 6.76. The lowest BCUT2D eigenvalue weighted by Crippen LogP contribution is -2.16. The van der Waals surface area contributed by atoms with E-state index in [1.165, 1.54) is 14.2 Å². The second kappa shape index (κ2) is 7.79. The van der Waals surface area contributed by atoms with Gasteiger partial charge in [-0.25, -0.2) is 0 Å². The van der Waals surface area contributed by atoms with E-state index in [0.717, 1.165) is 5.56 Å². The van der Waals surface area contributed by atoms with E-state index in [4.69, 9.17) is 14.2 Å². The van der Waals surface area contributed by atoms with Crippen molar-refractivity contribution in [3.63, 3.8) is 0 Å². The van der Waals surface area contributed by atoms with E-state index >= 15 is 0 Å². The van der Waals surface area contributed by atoms with Crippen LogP contribution in [0.5, 0.6) is 23.0 Å². The van der Waals surface area contributed by atoms with Crippen molar-refractivity contribution in [2.24, 2.45) is 0 Å². The first-order valence-corrected chi connectivity index (χ1v) is 9.26. The fourth-order valence-corrected chi connectivity index (χ4v) is 3.28. The molecule has 0 saturated carbocycles. The number of methoxy groups -OCH3 is 2. The average molecular weight is 404 g/mol. The molecule has 1 aliphatic rings. The topological polar surface area (TPSA) is 85.9 Å². The highest BCUT2D eigenvalue weighted by atomic mass is 16.5. The van der Waals surface area contributed by atoms with Gasteiger partial charge >= 0.3 is 0 Å². The van der Waals surface area contributed by atoms with Gasteiger partial charge in [0.1, 0.15) is 22.8 Å². The molecule has 0 spiro atoms. The van der Waals surface area contributed by atoms with Gasteiger partial charge in [-0.3, -0.25) is 9.59 Å². The molecule has 0 aliphatic carbocycles. The predicted octanol–water partition coefficient (Wildman–Crippen LogP) is 4.62. The Labute approximate surface area is 173 Å². The lowest BCUT2D eigenvalue weighted by Gasteiger charge is -2.14. The minimum atomic E-state index is -0.418. The highest BCUT2D eigenvalue weighted by Gasteiger charge is 2.23. The normalized spacial score (nSPS) is 11.9. The summed E-state index contributed by atoms with van der Waals surface area (Å²) in [5, 5.41) is 5.65. The van der Waals surface area contributed by atoms with Gasteiger partial charge in [-0.05, 0) is 55.0 Å². The Morgan fingerprint density at radius 1 is 0.967 bits per heavy atom. The number of benzene rings is 3. The number of nitrogens with one attached hydrogen (secondary N) is 2. The smallest absolute Gasteiger partial charge is 0.263 e. The highest BCUT2D eigenvalue weighted by Crippen LogP contribution is 2.37. The summed E-state index contributed by atoms with van der Waals surface area (Å²) in [7, 11) is 2.96. The number of ether oxygens (including phenoxy) is 3. The Balaban J connectivity index is 1.65. The monoisotopic (exact) mass is 404 g/mol. The maximum Gasteiger partial charge on any atom is 0.263 e. The summed E-state index contributed by atoms with van der Waals surface area (Å²) in [6.07, 6.45) is 0. The van der Waals surface area contributed by atoms with Crippen LogP contribution in [-0.4, -0.2) is 26.0 Å². The van der Waals surface area contributed by atoms with E-state index < -0.39 is 5.91 Å². The van der Waals surface area contributed by atoms with Crippen LogP contribution >= 0.6 is 0 Å². The lowest BCUT2D eigenvalue weighted by molar-refractivity contribution is 0.101. The van der Waals surface area contributed by atoms with E-state index in [0.29, 0.717) is 39.9 Å². The molecule has 1 heterocycles. The van der Waals surface area contributed by atoms with Crippen LogP contribution in [0.2, 0.25) is 0 Å². The molecule has 7 heteroatoms. The Bertz CT molecular complexity index is 1130. The molecule has 4 rings (SSSR count). The molecular formula is C23H20N2O5. The van der Waals surface area contributed by atoms with Crippen molar-refractivity contribution in [3.8, 4) is 23.0 Å². The summed E-state index contributed by atoms with van der Waals surface area (Å²) in [5.74, 6) is 0.992. The summed E-state index contributed by atoms with van der Waals surface area (Å²) >= 11 is 0. The molecule has 0 bridgehead atoms. The van der Waals surface area contributed by atoms with Crippen molar-refractivity contribution in [1.82, 2.24) is 0 Å². The zero-order valence-electron chi connectivity index (χ0n) is 16.7. The molecule has 0 radical (unpaired) electrons. The maximum atomic E-state index is 12.9. The minimum Gasteiger partial charge on any atom is -0.496 e. The SMILES string of the molecule is COc1cccc(OC)c1C(=O)Nc1ccc2c(c1)C(=O)Nc1cc(C)ccc1O2. The van der Waals surface area contributed by atoms with E-state index in [2.05, 4.69) is 10.6 Å². The van der Waals surface area contributed by atoms with Gasteiger partial charge in [-0.1, -0.05) is 12.1 Å². The third-order valence-electron chi connectivity index (χ3n) is 4.74. The molecule has 0 unspecified atom stereocenters. The molecule has 7 nitrogen and oxygen atoms in total. The number of hydrogen-bond acceptors (Lipinski definition) is 5. The lowest BCUT2D eigenvalue weighted by atomic mass is 10.1. The highest BCUT2D eigenvalue weighted by molar-refractivity contribution is 6.11. The molecule has 0 fully saturated rings. The third-order valence-corrected chi connectivity index (χ3v) is 4.74. The Hall–Kier alpha value is -4.00. The molecule has 30 heavy (non-hydrogen) atoms. The molecule has 0 atom stereocenters. The fourth-order valence-electron chi connectivity index (χ4n) is 3.28. The maximum absolute atomic E-state index is 12.9. The van der Waals surface area contributed by atoms with Crippen LogP contribution in [-0.2, 0) is 0 Å². The predicted molar refractivity (Wildman–Crippen MR) is 113 cm³/mol. The van der Waals surface area contributed by atoms with Crippen molar-refractivity contribution < 1.29 is 23.8 Å². The van der Waals surface area contributed by atoms with Gasteiger partial charge in [-0.15, -0.1) is 0 Å². The summed E-state index contributed by atoms with van der Waals surface area (Å²) in [4.78, 5) is 25.6. The summed E-state index contributed by atoms with van der Waals surface area (Å²) in [5.41, 5.74) is 2.62. The molecular weight excluding hydrogens is 384 g/mol. The van der Waals surface area contributed by atoms with Crippen molar-refractivity contribution >= 4 is 23.2 Å². The fraction of sp³-hybridized carbons (Fsp3) is 0.130.